The Balaban J connectivity index is 2.46. The van der Waals surface area contributed by atoms with Crippen LogP contribution in [0.4, 0.5) is 0 Å². The number of piperazine rings is 1. The fourth-order valence-electron chi connectivity index (χ4n) is 6.20. The van der Waals surface area contributed by atoms with Crippen LogP contribution in [0.25, 0.3) is 0 Å². The lowest BCUT2D eigenvalue weighted by molar-refractivity contribution is 0.0742. The molecule has 35 heavy (non-hydrogen) atoms. The summed E-state index contributed by atoms with van der Waals surface area (Å²) < 4.78 is 0. The Bertz CT molecular complexity index is 389. The summed E-state index contributed by atoms with van der Waals surface area (Å²) in [4.78, 5) is 5.76. The monoisotopic (exact) mass is 493 g/mol. The first kappa shape index (κ1) is 32.9. The molecular weight excluding hydrogens is 424 g/mol. The third-order valence-corrected chi connectivity index (χ3v) is 8.65. The summed E-state index contributed by atoms with van der Waals surface area (Å²) in [5.41, 5.74) is 0. The molecule has 0 bridgehead atoms. The smallest absolute Gasteiger partial charge is 0.0113 e. The molecule has 0 radical (unpaired) electrons. The maximum atomic E-state index is 2.91. The Labute approximate surface area is 223 Å². The highest BCUT2D eigenvalue weighted by molar-refractivity contribution is 4.80. The molecule has 0 aromatic carbocycles. The van der Waals surface area contributed by atoms with Gasteiger partial charge in [-0.1, -0.05) is 143 Å². The summed E-state index contributed by atoms with van der Waals surface area (Å²) in [6.07, 6.45) is 31.6. The predicted molar refractivity (Wildman–Crippen MR) is 160 cm³/mol. The van der Waals surface area contributed by atoms with Gasteiger partial charge in [0.15, 0.2) is 0 Å². The summed E-state index contributed by atoms with van der Waals surface area (Å²) >= 11 is 0. The molecule has 1 aliphatic rings. The van der Waals surface area contributed by atoms with Crippen LogP contribution in [-0.4, -0.2) is 48.6 Å². The summed E-state index contributed by atoms with van der Waals surface area (Å²) in [5.74, 6) is 0.947. The molecule has 0 spiro atoms. The fourth-order valence-corrected chi connectivity index (χ4v) is 6.20. The molecular formula is C33H68N2. The topological polar surface area (TPSA) is 6.48 Å². The molecule has 0 amide bonds. The van der Waals surface area contributed by atoms with Crippen molar-refractivity contribution in [3.05, 3.63) is 0 Å². The Morgan fingerprint density at radius 2 is 0.800 bits per heavy atom. The van der Waals surface area contributed by atoms with Gasteiger partial charge in [0.2, 0.25) is 0 Å². The quantitative estimate of drug-likeness (QED) is 0.117. The van der Waals surface area contributed by atoms with Crippen LogP contribution in [0.1, 0.15) is 169 Å². The maximum absolute atomic E-state index is 2.91. The third-order valence-electron chi connectivity index (χ3n) is 8.65. The highest BCUT2D eigenvalue weighted by Gasteiger charge is 2.24. The van der Waals surface area contributed by atoms with Gasteiger partial charge in [-0.05, 0) is 31.6 Å². The zero-order valence-corrected chi connectivity index (χ0v) is 25.1. The molecule has 2 heteroatoms. The van der Waals surface area contributed by atoms with Crippen molar-refractivity contribution in [2.75, 3.05) is 32.7 Å². The molecule has 1 aliphatic heterocycles. The molecule has 210 valence electrons. The normalized spacial score (nSPS) is 15.6. The Morgan fingerprint density at radius 1 is 0.429 bits per heavy atom. The molecule has 0 aliphatic carbocycles. The lowest BCUT2D eigenvalue weighted by Gasteiger charge is -2.40. The van der Waals surface area contributed by atoms with Gasteiger partial charge in [0.25, 0.3) is 0 Å². The second-order valence-corrected chi connectivity index (χ2v) is 12.0. The Morgan fingerprint density at radius 3 is 1.23 bits per heavy atom. The number of unbranched alkanes of at least 4 members (excludes halogenated alkanes) is 14. The molecule has 0 atom stereocenters. The van der Waals surface area contributed by atoms with Gasteiger partial charge in [-0.15, -0.1) is 0 Å². The van der Waals surface area contributed by atoms with Crippen LogP contribution in [-0.2, 0) is 0 Å². The van der Waals surface area contributed by atoms with Crippen LogP contribution in [0.5, 0.6) is 0 Å². The van der Waals surface area contributed by atoms with E-state index in [0.29, 0.717) is 0 Å². The lowest BCUT2D eigenvalue weighted by atomic mass is 9.93. The first-order valence-electron chi connectivity index (χ1n) is 16.7. The standard InChI is InChI=1S/C33H68N2/c1-5-9-13-17-21-25-33(26-22-18-14-10-6-2)35-29-27-34(28-30-35)31-32(23-19-15-11-7-3)24-20-16-12-8-4/h32-33H,5-31H2,1-4H3. The van der Waals surface area contributed by atoms with Crippen LogP contribution in [0.2, 0.25) is 0 Å². The Kier molecular flexibility index (Phi) is 22.8. The van der Waals surface area contributed by atoms with E-state index < -0.39 is 0 Å². The third kappa shape index (κ3) is 17.9. The highest BCUT2D eigenvalue weighted by Crippen LogP contribution is 2.23. The second-order valence-electron chi connectivity index (χ2n) is 12.0. The molecule has 1 heterocycles. The SMILES string of the molecule is CCCCCCCC(CCCCCCC)N1CCN(CC(CCCCCC)CCCCCC)CC1. The van der Waals surface area contributed by atoms with Crippen molar-refractivity contribution in [3.63, 3.8) is 0 Å². The largest absolute Gasteiger partial charge is 0.301 e. The average Bonchev–Trinajstić information content (AvgIpc) is 2.88. The minimum absolute atomic E-state index is 0.860. The van der Waals surface area contributed by atoms with Crippen LogP contribution in [0, 0.1) is 5.92 Å². The van der Waals surface area contributed by atoms with Crippen LogP contribution >= 0.6 is 0 Å². The summed E-state index contributed by atoms with van der Waals surface area (Å²) in [6.45, 7) is 16.0. The van der Waals surface area contributed by atoms with E-state index in [0.717, 1.165) is 12.0 Å². The minimum Gasteiger partial charge on any atom is -0.301 e. The molecule has 0 saturated carbocycles. The zero-order chi connectivity index (χ0) is 25.4. The summed E-state index contributed by atoms with van der Waals surface area (Å²) in [7, 11) is 0. The fraction of sp³-hybridized carbons (Fsp3) is 1.00. The van der Waals surface area contributed by atoms with E-state index in [1.165, 1.54) is 174 Å². The average molecular weight is 493 g/mol. The van der Waals surface area contributed by atoms with E-state index in [1.807, 2.05) is 0 Å². The van der Waals surface area contributed by atoms with Gasteiger partial charge in [-0.25, -0.2) is 0 Å². The molecule has 0 N–H and O–H groups in total. The number of hydrogen-bond donors (Lipinski definition) is 0. The van der Waals surface area contributed by atoms with E-state index in [1.54, 1.807) is 0 Å². The van der Waals surface area contributed by atoms with Gasteiger partial charge in [-0.2, -0.15) is 0 Å². The number of nitrogens with zero attached hydrogens (tertiary/aromatic N) is 2. The zero-order valence-electron chi connectivity index (χ0n) is 25.1. The van der Waals surface area contributed by atoms with Crippen LogP contribution < -0.4 is 0 Å². The molecule has 0 aromatic heterocycles. The van der Waals surface area contributed by atoms with Gasteiger partial charge in [0.1, 0.15) is 0 Å². The highest BCUT2D eigenvalue weighted by atomic mass is 15.3. The molecule has 1 fully saturated rings. The summed E-state index contributed by atoms with van der Waals surface area (Å²) in [6, 6.07) is 0.860. The lowest BCUT2D eigenvalue weighted by Crippen LogP contribution is -2.51. The first-order chi connectivity index (χ1) is 17.2. The van der Waals surface area contributed by atoms with Crippen molar-refractivity contribution in [2.45, 2.75) is 175 Å². The van der Waals surface area contributed by atoms with Crippen LogP contribution in [0.15, 0.2) is 0 Å². The van der Waals surface area contributed by atoms with Crippen molar-refractivity contribution < 1.29 is 0 Å². The maximum Gasteiger partial charge on any atom is 0.0113 e. The first-order valence-corrected chi connectivity index (χ1v) is 16.7. The molecule has 1 saturated heterocycles. The molecule has 1 rings (SSSR count). The van der Waals surface area contributed by atoms with Crippen molar-refractivity contribution >= 4 is 0 Å². The van der Waals surface area contributed by atoms with Gasteiger partial charge in [0.05, 0.1) is 0 Å². The van der Waals surface area contributed by atoms with E-state index in [2.05, 4.69) is 37.5 Å². The molecule has 2 nitrogen and oxygen atoms in total. The van der Waals surface area contributed by atoms with Gasteiger partial charge in [0, 0.05) is 38.8 Å². The van der Waals surface area contributed by atoms with Crippen molar-refractivity contribution in [1.82, 2.24) is 9.80 Å². The van der Waals surface area contributed by atoms with Crippen LogP contribution in [0.3, 0.4) is 0 Å². The van der Waals surface area contributed by atoms with Crippen molar-refractivity contribution in [3.8, 4) is 0 Å². The second kappa shape index (κ2) is 24.3. The van der Waals surface area contributed by atoms with Crippen molar-refractivity contribution in [1.29, 1.82) is 0 Å². The number of hydrogen-bond acceptors (Lipinski definition) is 2. The van der Waals surface area contributed by atoms with E-state index in [9.17, 15) is 0 Å². The summed E-state index contributed by atoms with van der Waals surface area (Å²) in [5, 5.41) is 0. The Hall–Kier alpha value is -0.0800. The van der Waals surface area contributed by atoms with Gasteiger partial charge < -0.3 is 4.90 Å². The predicted octanol–water partition coefficient (Wildman–Crippen LogP) is 10.3. The van der Waals surface area contributed by atoms with E-state index >= 15 is 0 Å². The van der Waals surface area contributed by atoms with Gasteiger partial charge >= 0.3 is 0 Å². The molecule has 0 unspecified atom stereocenters. The minimum atomic E-state index is 0.860. The van der Waals surface area contributed by atoms with E-state index in [4.69, 9.17) is 0 Å². The van der Waals surface area contributed by atoms with Crippen molar-refractivity contribution in [2.24, 2.45) is 5.92 Å². The number of rotatable bonds is 25. The van der Waals surface area contributed by atoms with Gasteiger partial charge in [-0.3, -0.25) is 4.90 Å². The molecule has 0 aromatic rings. The van der Waals surface area contributed by atoms with E-state index in [-0.39, 0.29) is 0 Å².